The molecule has 0 amide bonds. The molecule has 0 aliphatic heterocycles. The van der Waals surface area contributed by atoms with Crippen molar-refractivity contribution in [3.63, 3.8) is 0 Å². The van der Waals surface area contributed by atoms with Crippen molar-refractivity contribution in [2.75, 3.05) is 13.1 Å². The zero-order valence-corrected chi connectivity index (χ0v) is 18.6. The first-order chi connectivity index (χ1) is 13.2. The Morgan fingerprint density at radius 2 is 2.21 bits per heavy atom. The molecule has 2 heterocycles. The number of fused-ring (bicyclic) bond motifs is 1. The third-order valence-corrected chi connectivity index (χ3v) is 4.26. The molecule has 0 spiro atoms. The van der Waals surface area contributed by atoms with Crippen LogP contribution in [0, 0.1) is 0 Å². The molecule has 3 aromatic rings. The second-order valence-corrected chi connectivity index (χ2v) is 6.25. The van der Waals surface area contributed by atoms with Crippen LogP contribution in [0.25, 0.3) is 11.0 Å². The molecule has 0 saturated heterocycles. The molecule has 7 nitrogen and oxygen atoms in total. The van der Waals surface area contributed by atoms with Gasteiger partial charge in [0.2, 0.25) is 0 Å². The molecule has 0 aliphatic rings. The fourth-order valence-electron chi connectivity index (χ4n) is 2.82. The minimum Gasteiger partial charge on any atom is -0.459 e. The predicted octanol–water partition coefficient (Wildman–Crippen LogP) is 3.69. The van der Waals surface area contributed by atoms with Crippen LogP contribution in [-0.4, -0.2) is 33.8 Å². The van der Waals surface area contributed by atoms with Gasteiger partial charge in [-0.2, -0.15) is 0 Å². The quantitative estimate of drug-likeness (QED) is 0.216. The van der Waals surface area contributed by atoms with Gasteiger partial charge in [-0.05, 0) is 19.1 Å². The lowest BCUT2D eigenvalue weighted by Gasteiger charge is -2.16. The number of hydrogen-bond acceptors (Lipinski definition) is 4. The van der Waals surface area contributed by atoms with E-state index in [2.05, 4.69) is 52.3 Å². The van der Waals surface area contributed by atoms with Gasteiger partial charge in [0.15, 0.2) is 5.96 Å². The van der Waals surface area contributed by atoms with Gasteiger partial charge in [0, 0.05) is 24.9 Å². The molecule has 0 saturated carbocycles. The number of halogens is 1. The number of aryl methyl sites for hydroxylation is 1. The summed E-state index contributed by atoms with van der Waals surface area (Å²) in [6, 6.07) is 10.0. The van der Waals surface area contributed by atoms with Gasteiger partial charge in [0.1, 0.15) is 23.5 Å². The Balaban J connectivity index is 0.00000280. The summed E-state index contributed by atoms with van der Waals surface area (Å²) in [6.07, 6.45) is 4.40. The van der Waals surface area contributed by atoms with Crippen LogP contribution in [-0.2, 0) is 13.0 Å². The van der Waals surface area contributed by atoms with Crippen LogP contribution in [0.5, 0.6) is 0 Å². The highest BCUT2D eigenvalue weighted by Crippen LogP contribution is 2.23. The molecule has 0 aliphatic carbocycles. The number of rotatable bonds is 8. The van der Waals surface area contributed by atoms with Crippen molar-refractivity contribution >= 4 is 40.9 Å². The van der Waals surface area contributed by atoms with E-state index in [1.807, 2.05) is 28.8 Å². The molecule has 1 unspecified atom stereocenters. The Bertz CT molecular complexity index is 883. The van der Waals surface area contributed by atoms with Crippen LogP contribution in [0.2, 0.25) is 0 Å². The minimum absolute atomic E-state index is 0. The molecule has 150 valence electrons. The van der Waals surface area contributed by atoms with Crippen LogP contribution >= 0.6 is 24.0 Å². The van der Waals surface area contributed by atoms with Crippen LogP contribution in [0.4, 0.5) is 0 Å². The number of aromatic nitrogens is 3. The summed E-state index contributed by atoms with van der Waals surface area (Å²) in [5.41, 5.74) is 0.887. The van der Waals surface area contributed by atoms with Crippen molar-refractivity contribution in [3.8, 4) is 0 Å². The summed E-state index contributed by atoms with van der Waals surface area (Å²) in [7, 11) is 0. The van der Waals surface area contributed by atoms with Crippen LogP contribution < -0.4 is 10.6 Å². The topological polar surface area (TPSA) is 80.3 Å². The Hall–Kier alpha value is -2.36. The van der Waals surface area contributed by atoms with E-state index in [1.54, 1.807) is 12.4 Å². The normalized spacial score (nSPS) is 12.4. The second-order valence-electron chi connectivity index (χ2n) is 6.25. The molecular formula is C20H27IN6O. The Kier molecular flexibility index (Phi) is 8.49. The smallest absolute Gasteiger partial charge is 0.192 e. The molecule has 1 aromatic carbocycles. The average Bonchev–Trinajstić information content (AvgIpc) is 3.32. The number of furan rings is 1. The third-order valence-electron chi connectivity index (χ3n) is 4.26. The lowest BCUT2D eigenvalue weighted by Crippen LogP contribution is -2.39. The SMILES string of the molecule is C=CCNC(=NCCn1cnnc1CC)NC(C)c1cc2ccccc2o1.I. The van der Waals surface area contributed by atoms with Gasteiger partial charge in [-0.15, -0.1) is 40.8 Å². The molecule has 0 fully saturated rings. The van der Waals surface area contributed by atoms with E-state index in [9.17, 15) is 0 Å². The Labute approximate surface area is 182 Å². The molecule has 1 atom stereocenters. The summed E-state index contributed by atoms with van der Waals surface area (Å²) < 4.78 is 7.97. The zero-order valence-electron chi connectivity index (χ0n) is 16.3. The highest BCUT2D eigenvalue weighted by atomic mass is 127. The van der Waals surface area contributed by atoms with Crippen molar-refractivity contribution in [1.82, 2.24) is 25.4 Å². The molecule has 2 N–H and O–H groups in total. The zero-order chi connectivity index (χ0) is 19.1. The summed E-state index contributed by atoms with van der Waals surface area (Å²) in [6.45, 7) is 9.86. The van der Waals surface area contributed by atoms with Gasteiger partial charge in [0.05, 0.1) is 12.6 Å². The number of guanidine groups is 1. The number of para-hydroxylation sites is 1. The lowest BCUT2D eigenvalue weighted by molar-refractivity contribution is 0.488. The average molecular weight is 494 g/mol. The van der Waals surface area contributed by atoms with Gasteiger partial charge in [-0.3, -0.25) is 4.99 Å². The van der Waals surface area contributed by atoms with Crippen LogP contribution in [0.15, 0.2) is 58.7 Å². The maximum absolute atomic E-state index is 5.94. The maximum atomic E-state index is 5.94. The van der Waals surface area contributed by atoms with Gasteiger partial charge in [0.25, 0.3) is 0 Å². The van der Waals surface area contributed by atoms with Gasteiger partial charge < -0.3 is 19.6 Å². The van der Waals surface area contributed by atoms with E-state index in [1.165, 1.54) is 0 Å². The van der Waals surface area contributed by atoms with Crippen molar-refractivity contribution in [2.45, 2.75) is 32.9 Å². The summed E-state index contributed by atoms with van der Waals surface area (Å²) in [4.78, 5) is 4.66. The number of hydrogen-bond donors (Lipinski definition) is 2. The largest absolute Gasteiger partial charge is 0.459 e. The number of nitrogens with one attached hydrogen (secondary N) is 2. The highest BCUT2D eigenvalue weighted by molar-refractivity contribution is 14.0. The van der Waals surface area contributed by atoms with E-state index in [-0.39, 0.29) is 30.0 Å². The molecule has 0 radical (unpaired) electrons. The lowest BCUT2D eigenvalue weighted by atomic mass is 10.2. The number of nitrogens with zero attached hydrogens (tertiary/aromatic N) is 4. The first-order valence-corrected chi connectivity index (χ1v) is 9.22. The molecule has 2 aromatic heterocycles. The summed E-state index contributed by atoms with van der Waals surface area (Å²) in [5.74, 6) is 2.56. The minimum atomic E-state index is -0.0189. The van der Waals surface area contributed by atoms with Crippen LogP contribution in [0.3, 0.4) is 0 Å². The van der Waals surface area contributed by atoms with E-state index in [0.29, 0.717) is 19.0 Å². The predicted molar refractivity (Wildman–Crippen MR) is 123 cm³/mol. The molecule has 28 heavy (non-hydrogen) atoms. The fourth-order valence-corrected chi connectivity index (χ4v) is 2.82. The first kappa shape index (κ1) is 21.9. The monoisotopic (exact) mass is 494 g/mol. The van der Waals surface area contributed by atoms with Crippen molar-refractivity contribution in [2.24, 2.45) is 4.99 Å². The van der Waals surface area contributed by atoms with E-state index >= 15 is 0 Å². The van der Waals surface area contributed by atoms with E-state index < -0.39 is 0 Å². The Morgan fingerprint density at radius 3 is 2.96 bits per heavy atom. The van der Waals surface area contributed by atoms with Crippen molar-refractivity contribution in [1.29, 1.82) is 0 Å². The summed E-state index contributed by atoms with van der Waals surface area (Å²) >= 11 is 0. The highest BCUT2D eigenvalue weighted by Gasteiger charge is 2.13. The number of benzene rings is 1. The maximum Gasteiger partial charge on any atom is 0.192 e. The molecular weight excluding hydrogens is 467 g/mol. The standard InChI is InChI=1S/C20H26N6O.HI/c1-4-10-21-20(22-11-12-26-14-23-25-19(26)5-2)24-15(3)18-13-16-8-6-7-9-17(16)27-18;/h4,6-9,13-15H,1,5,10-12H2,2-3H3,(H2,21,22,24);1H. The van der Waals surface area contributed by atoms with Gasteiger partial charge in [-0.25, -0.2) is 0 Å². The molecule has 3 rings (SSSR count). The molecule has 8 heteroatoms. The number of aliphatic imine (C=N–C) groups is 1. The third kappa shape index (κ3) is 5.57. The van der Waals surface area contributed by atoms with Gasteiger partial charge >= 0.3 is 0 Å². The first-order valence-electron chi connectivity index (χ1n) is 9.22. The van der Waals surface area contributed by atoms with Crippen LogP contribution in [0.1, 0.15) is 31.5 Å². The van der Waals surface area contributed by atoms with Crippen molar-refractivity contribution in [3.05, 3.63) is 60.9 Å². The van der Waals surface area contributed by atoms with Crippen molar-refractivity contribution < 1.29 is 4.42 Å². The fraction of sp³-hybridized carbons (Fsp3) is 0.350. The summed E-state index contributed by atoms with van der Waals surface area (Å²) in [5, 5.41) is 15.8. The van der Waals surface area contributed by atoms with Gasteiger partial charge in [-0.1, -0.05) is 31.2 Å². The van der Waals surface area contributed by atoms with E-state index in [4.69, 9.17) is 4.42 Å². The second kappa shape index (κ2) is 10.8. The Morgan fingerprint density at radius 1 is 1.39 bits per heavy atom. The van der Waals surface area contributed by atoms with E-state index in [0.717, 1.165) is 35.5 Å². The molecule has 0 bridgehead atoms.